The van der Waals surface area contributed by atoms with Crippen LogP contribution in [0.25, 0.3) is 0 Å². The van der Waals surface area contributed by atoms with Gasteiger partial charge in [-0.05, 0) is 52.8 Å². The molecule has 1 fully saturated rings. The monoisotopic (exact) mass is 438 g/mol. The third-order valence-electron chi connectivity index (χ3n) is 7.57. The standard InChI is InChI=1S/C27H55BO3/c1-7-9-11-13-15-17-19-24(20-18-16-14-12-10-8-2)23-25(29)21-22-28-30-26(3,4)27(5,6)31-28/h24-25,29H,7-23H2,1-6H3. The molecular weight excluding hydrogens is 383 g/mol. The summed E-state index contributed by atoms with van der Waals surface area (Å²) in [6.45, 7) is 12.9. The first-order chi connectivity index (χ1) is 14.7. The minimum absolute atomic E-state index is 0.185. The van der Waals surface area contributed by atoms with E-state index in [1.54, 1.807) is 0 Å². The molecule has 1 N–H and O–H groups in total. The largest absolute Gasteiger partial charge is 0.457 e. The minimum Gasteiger partial charge on any atom is -0.403 e. The van der Waals surface area contributed by atoms with Gasteiger partial charge in [0.25, 0.3) is 0 Å². The second-order valence-electron chi connectivity index (χ2n) is 11.1. The van der Waals surface area contributed by atoms with Crippen molar-refractivity contribution in [2.24, 2.45) is 5.92 Å². The van der Waals surface area contributed by atoms with Gasteiger partial charge in [-0.3, -0.25) is 0 Å². The van der Waals surface area contributed by atoms with Crippen LogP contribution in [0.15, 0.2) is 0 Å². The number of unbranched alkanes of at least 4 members (excludes halogenated alkanes) is 10. The van der Waals surface area contributed by atoms with Gasteiger partial charge in [-0.15, -0.1) is 0 Å². The van der Waals surface area contributed by atoms with Gasteiger partial charge in [-0.1, -0.05) is 104 Å². The minimum atomic E-state index is -0.277. The lowest BCUT2D eigenvalue weighted by Crippen LogP contribution is -2.41. The summed E-state index contributed by atoms with van der Waals surface area (Å²) in [6, 6.07) is 0. The first-order valence-corrected chi connectivity index (χ1v) is 13.8. The van der Waals surface area contributed by atoms with Gasteiger partial charge in [0.2, 0.25) is 0 Å². The summed E-state index contributed by atoms with van der Waals surface area (Å²) < 4.78 is 12.2. The van der Waals surface area contributed by atoms with E-state index in [9.17, 15) is 5.11 Å². The quantitative estimate of drug-likeness (QED) is 0.163. The molecule has 184 valence electrons. The first kappa shape index (κ1) is 29.0. The van der Waals surface area contributed by atoms with Crippen LogP contribution in [0.5, 0.6) is 0 Å². The summed E-state index contributed by atoms with van der Waals surface area (Å²) in [7, 11) is -0.185. The van der Waals surface area contributed by atoms with Crippen molar-refractivity contribution < 1.29 is 14.4 Å². The zero-order valence-electron chi connectivity index (χ0n) is 22.0. The molecule has 1 saturated heterocycles. The molecule has 1 rings (SSSR count). The highest BCUT2D eigenvalue weighted by atomic mass is 16.7. The Bertz CT molecular complexity index is 406. The van der Waals surface area contributed by atoms with Gasteiger partial charge in [-0.25, -0.2) is 0 Å². The van der Waals surface area contributed by atoms with Crippen LogP contribution in [0.1, 0.15) is 144 Å². The number of hydrogen-bond acceptors (Lipinski definition) is 3. The molecule has 4 heteroatoms. The highest BCUT2D eigenvalue weighted by Gasteiger charge is 2.50. The second kappa shape index (κ2) is 15.7. The summed E-state index contributed by atoms with van der Waals surface area (Å²) in [5.74, 6) is 0.672. The van der Waals surface area contributed by atoms with E-state index in [1.807, 2.05) is 0 Å². The SMILES string of the molecule is CCCCCCCCC(CCCCCCCC)CC(O)CCB1OC(C)(C)C(C)(C)O1. The first-order valence-electron chi connectivity index (χ1n) is 13.8. The normalized spacial score (nSPS) is 18.8. The Kier molecular flexibility index (Phi) is 14.7. The molecule has 0 radical (unpaired) electrons. The van der Waals surface area contributed by atoms with Crippen LogP contribution in [0.4, 0.5) is 0 Å². The van der Waals surface area contributed by atoms with Crippen LogP contribution < -0.4 is 0 Å². The van der Waals surface area contributed by atoms with Gasteiger partial charge < -0.3 is 14.4 Å². The molecule has 0 bridgehead atoms. The molecule has 0 spiro atoms. The Labute approximate surface area is 195 Å². The fraction of sp³-hybridized carbons (Fsp3) is 1.00. The number of aliphatic hydroxyl groups is 1. The lowest BCUT2D eigenvalue weighted by atomic mass is 9.80. The van der Waals surface area contributed by atoms with Gasteiger partial charge in [0.15, 0.2) is 0 Å². The Morgan fingerprint density at radius 3 is 1.52 bits per heavy atom. The molecule has 3 nitrogen and oxygen atoms in total. The van der Waals surface area contributed by atoms with Crippen molar-refractivity contribution in [3.8, 4) is 0 Å². The van der Waals surface area contributed by atoms with Crippen LogP contribution in [0, 0.1) is 5.92 Å². The molecule has 0 saturated carbocycles. The van der Waals surface area contributed by atoms with E-state index in [-0.39, 0.29) is 24.4 Å². The summed E-state index contributed by atoms with van der Waals surface area (Å²) in [6.07, 6.45) is 21.1. The fourth-order valence-electron chi connectivity index (χ4n) is 4.72. The molecule has 1 aliphatic heterocycles. The van der Waals surface area contributed by atoms with E-state index >= 15 is 0 Å². The van der Waals surface area contributed by atoms with Crippen molar-refractivity contribution in [1.82, 2.24) is 0 Å². The van der Waals surface area contributed by atoms with Crippen LogP contribution >= 0.6 is 0 Å². The van der Waals surface area contributed by atoms with Crippen LogP contribution in [0.2, 0.25) is 6.32 Å². The van der Waals surface area contributed by atoms with Crippen molar-refractivity contribution in [2.75, 3.05) is 0 Å². The zero-order chi connectivity index (χ0) is 23.2. The average Bonchev–Trinajstić information content (AvgIpc) is 2.91. The van der Waals surface area contributed by atoms with Crippen molar-refractivity contribution in [3.63, 3.8) is 0 Å². The molecule has 31 heavy (non-hydrogen) atoms. The molecular formula is C27H55BO3. The predicted octanol–water partition coefficient (Wildman–Crippen LogP) is 8.34. The van der Waals surface area contributed by atoms with Crippen molar-refractivity contribution in [2.45, 2.75) is 168 Å². The predicted molar refractivity (Wildman–Crippen MR) is 136 cm³/mol. The summed E-state index contributed by atoms with van der Waals surface area (Å²) >= 11 is 0. The third kappa shape index (κ3) is 12.1. The maximum Gasteiger partial charge on any atom is 0.457 e. The maximum absolute atomic E-state index is 10.8. The topological polar surface area (TPSA) is 38.7 Å². The molecule has 1 heterocycles. The Morgan fingerprint density at radius 2 is 1.06 bits per heavy atom. The van der Waals surface area contributed by atoms with E-state index in [4.69, 9.17) is 9.31 Å². The van der Waals surface area contributed by atoms with E-state index in [2.05, 4.69) is 41.5 Å². The maximum atomic E-state index is 10.8. The summed E-state index contributed by atoms with van der Waals surface area (Å²) in [4.78, 5) is 0. The lowest BCUT2D eigenvalue weighted by molar-refractivity contribution is 0.00578. The Morgan fingerprint density at radius 1 is 0.645 bits per heavy atom. The van der Waals surface area contributed by atoms with Gasteiger partial charge in [0.05, 0.1) is 17.3 Å². The Balaban J connectivity index is 2.35. The molecule has 1 unspecified atom stereocenters. The van der Waals surface area contributed by atoms with E-state index in [0.717, 1.165) is 19.2 Å². The molecule has 1 atom stereocenters. The molecule has 0 aliphatic carbocycles. The van der Waals surface area contributed by atoms with Gasteiger partial charge in [0.1, 0.15) is 0 Å². The van der Waals surface area contributed by atoms with Crippen LogP contribution in [-0.2, 0) is 9.31 Å². The second-order valence-corrected chi connectivity index (χ2v) is 11.1. The number of hydrogen-bond donors (Lipinski definition) is 1. The van der Waals surface area contributed by atoms with Gasteiger partial charge in [-0.2, -0.15) is 0 Å². The van der Waals surface area contributed by atoms with Crippen LogP contribution in [-0.4, -0.2) is 29.5 Å². The Hall–Kier alpha value is -0.0551. The zero-order valence-corrected chi connectivity index (χ0v) is 22.0. The van der Waals surface area contributed by atoms with Gasteiger partial charge >= 0.3 is 7.12 Å². The average molecular weight is 439 g/mol. The molecule has 0 amide bonds. The van der Waals surface area contributed by atoms with Crippen molar-refractivity contribution >= 4 is 7.12 Å². The van der Waals surface area contributed by atoms with Crippen LogP contribution in [0.3, 0.4) is 0 Å². The van der Waals surface area contributed by atoms with E-state index in [0.29, 0.717) is 5.92 Å². The smallest absolute Gasteiger partial charge is 0.403 e. The molecule has 0 aromatic heterocycles. The third-order valence-corrected chi connectivity index (χ3v) is 7.57. The number of rotatable bonds is 19. The summed E-state index contributed by atoms with van der Waals surface area (Å²) in [5, 5.41) is 10.8. The highest BCUT2D eigenvalue weighted by molar-refractivity contribution is 6.45. The summed E-state index contributed by atoms with van der Waals surface area (Å²) in [5.41, 5.74) is -0.554. The van der Waals surface area contributed by atoms with Crippen molar-refractivity contribution in [3.05, 3.63) is 0 Å². The van der Waals surface area contributed by atoms with E-state index in [1.165, 1.54) is 89.9 Å². The highest BCUT2D eigenvalue weighted by Crippen LogP contribution is 2.38. The molecule has 0 aromatic carbocycles. The fourth-order valence-corrected chi connectivity index (χ4v) is 4.72. The number of aliphatic hydroxyl groups excluding tert-OH is 1. The van der Waals surface area contributed by atoms with Crippen molar-refractivity contribution in [1.29, 1.82) is 0 Å². The van der Waals surface area contributed by atoms with E-state index < -0.39 is 0 Å². The van der Waals surface area contributed by atoms with Gasteiger partial charge in [0, 0.05) is 0 Å². The lowest BCUT2D eigenvalue weighted by Gasteiger charge is -2.32. The molecule has 0 aromatic rings. The molecule has 1 aliphatic rings.